The summed E-state index contributed by atoms with van der Waals surface area (Å²) in [5.41, 5.74) is 8.39. The molecule has 3 N–H and O–H groups in total. The molecule has 0 aliphatic carbocycles. The Bertz CT molecular complexity index is 1060. The quantitative estimate of drug-likeness (QED) is 0.418. The Labute approximate surface area is 139 Å². The molecule has 0 aliphatic heterocycles. The van der Waals surface area contributed by atoms with E-state index in [1.54, 1.807) is 48.5 Å². The second-order valence-electron chi connectivity index (χ2n) is 5.38. The monoisotopic (exact) mass is 341 g/mol. The van der Waals surface area contributed by atoms with Gasteiger partial charge in [-0.2, -0.15) is 18.6 Å². The van der Waals surface area contributed by atoms with Gasteiger partial charge in [-0.15, -0.1) is 0 Å². The van der Waals surface area contributed by atoms with Crippen LogP contribution >= 0.6 is 0 Å². The SMILES string of the molecule is Cc1cc(N)ccc1N=Nc1ccc2cccc(S(=O)(=O)O)c2c1. The van der Waals surface area contributed by atoms with E-state index in [1.165, 1.54) is 6.07 Å². The zero-order chi connectivity index (χ0) is 17.3. The standard InChI is InChI=1S/C17H15N3O3S/c1-11-9-13(18)6-8-16(11)20-19-14-7-5-12-3-2-4-17(15(12)10-14)24(21,22)23/h2-10H,18H2,1H3,(H,21,22,23). The summed E-state index contributed by atoms with van der Waals surface area (Å²) in [4.78, 5) is -0.152. The third-order valence-corrected chi connectivity index (χ3v) is 4.51. The fourth-order valence-corrected chi connectivity index (χ4v) is 3.13. The van der Waals surface area contributed by atoms with E-state index in [0.29, 0.717) is 27.8 Å². The van der Waals surface area contributed by atoms with Crippen LogP contribution in [0, 0.1) is 6.92 Å². The lowest BCUT2D eigenvalue weighted by atomic mass is 10.1. The van der Waals surface area contributed by atoms with Gasteiger partial charge in [0.05, 0.1) is 11.4 Å². The molecule has 0 radical (unpaired) electrons. The minimum atomic E-state index is -4.31. The van der Waals surface area contributed by atoms with E-state index in [4.69, 9.17) is 5.73 Å². The Morgan fingerprint density at radius 1 is 1.00 bits per heavy atom. The van der Waals surface area contributed by atoms with E-state index in [2.05, 4.69) is 10.2 Å². The third-order valence-electron chi connectivity index (χ3n) is 3.60. The topological polar surface area (TPSA) is 105 Å². The van der Waals surface area contributed by atoms with Crippen molar-refractivity contribution in [1.82, 2.24) is 0 Å². The number of hydrogen-bond donors (Lipinski definition) is 2. The smallest absolute Gasteiger partial charge is 0.295 e. The molecular weight excluding hydrogens is 326 g/mol. The number of hydrogen-bond acceptors (Lipinski definition) is 5. The molecule has 0 atom stereocenters. The summed E-state index contributed by atoms with van der Waals surface area (Å²) in [5, 5.41) is 9.40. The molecule has 0 aromatic heterocycles. The van der Waals surface area contributed by atoms with Crippen LogP contribution < -0.4 is 5.73 Å². The molecule has 3 aromatic carbocycles. The first-order valence-corrected chi connectivity index (χ1v) is 8.57. The fourth-order valence-electron chi connectivity index (χ4n) is 2.42. The summed E-state index contributed by atoms with van der Waals surface area (Å²) < 4.78 is 32.4. The number of fused-ring (bicyclic) bond motifs is 1. The van der Waals surface area contributed by atoms with Gasteiger partial charge in [0, 0.05) is 11.1 Å². The molecule has 3 aromatic rings. The first kappa shape index (κ1) is 16.1. The normalized spacial score (nSPS) is 12.1. The molecule has 0 saturated carbocycles. The molecule has 7 heteroatoms. The molecule has 0 bridgehead atoms. The molecule has 24 heavy (non-hydrogen) atoms. The second kappa shape index (κ2) is 6.03. The highest BCUT2D eigenvalue weighted by Crippen LogP contribution is 2.29. The lowest BCUT2D eigenvalue weighted by Crippen LogP contribution is -1.98. The van der Waals surface area contributed by atoms with Gasteiger partial charge in [-0.1, -0.05) is 18.2 Å². The maximum atomic E-state index is 11.5. The predicted molar refractivity (Wildman–Crippen MR) is 93.5 cm³/mol. The number of nitrogens with two attached hydrogens (primary N) is 1. The van der Waals surface area contributed by atoms with Crippen molar-refractivity contribution in [1.29, 1.82) is 0 Å². The van der Waals surface area contributed by atoms with Gasteiger partial charge in [0.15, 0.2) is 0 Å². The summed E-state index contributed by atoms with van der Waals surface area (Å²) >= 11 is 0. The van der Waals surface area contributed by atoms with Gasteiger partial charge in [0.2, 0.25) is 0 Å². The highest BCUT2D eigenvalue weighted by atomic mass is 32.2. The largest absolute Gasteiger partial charge is 0.399 e. The van der Waals surface area contributed by atoms with Gasteiger partial charge >= 0.3 is 0 Å². The van der Waals surface area contributed by atoms with Crippen LogP contribution in [0.4, 0.5) is 17.1 Å². The van der Waals surface area contributed by atoms with E-state index in [1.807, 2.05) is 6.92 Å². The molecule has 122 valence electrons. The van der Waals surface area contributed by atoms with E-state index in [9.17, 15) is 13.0 Å². The Morgan fingerprint density at radius 3 is 2.50 bits per heavy atom. The van der Waals surface area contributed by atoms with E-state index < -0.39 is 10.1 Å². The Kier molecular flexibility index (Phi) is 4.04. The third kappa shape index (κ3) is 3.27. The van der Waals surface area contributed by atoms with Gasteiger partial charge in [0.25, 0.3) is 10.1 Å². The first-order chi connectivity index (χ1) is 11.3. The summed E-state index contributed by atoms with van der Waals surface area (Å²) in [6, 6.07) is 15.0. The number of nitrogen functional groups attached to an aromatic ring is 1. The van der Waals surface area contributed by atoms with Crippen molar-refractivity contribution in [3.8, 4) is 0 Å². The van der Waals surface area contributed by atoms with Crippen molar-refractivity contribution in [2.75, 3.05) is 5.73 Å². The summed E-state index contributed by atoms with van der Waals surface area (Å²) in [7, 11) is -4.31. The van der Waals surface area contributed by atoms with E-state index >= 15 is 0 Å². The summed E-state index contributed by atoms with van der Waals surface area (Å²) in [6.45, 7) is 1.88. The molecule has 0 spiro atoms. The number of benzene rings is 3. The van der Waals surface area contributed by atoms with Crippen LogP contribution in [0.1, 0.15) is 5.56 Å². The number of nitrogens with zero attached hydrogens (tertiary/aromatic N) is 2. The number of anilines is 1. The van der Waals surface area contributed by atoms with Crippen LogP contribution in [-0.2, 0) is 10.1 Å². The molecule has 0 unspecified atom stereocenters. The van der Waals surface area contributed by atoms with Gasteiger partial charge < -0.3 is 5.73 Å². The highest BCUT2D eigenvalue weighted by molar-refractivity contribution is 7.86. The summed E-state index contributed by atoms with van der Waals surface area (Å²) in [5.74, 6) is 0. The fraction of sp³-hybridized carbons (Fsp3) is 0.0588. The van der Waals surface area contributed by atoms with Crippen LogP contribution in [0.2, 0.25) is 0 Å². The average Bonchev–Trinajstić information content (AvgIpc) is 2.52. The molecule has 0 heterocycles. The Balaban J connectivity index is 2.06. The van der Waals surface area contributed by atoms with Gasteiger partial charge in [-0.25, -0.2) is 0 Å². The van der Waals surface area contributed by atoms with Crippen molar-refractivity contribution in [2.24, 2.45) is 10.2 Å². The molecule has 0 amide bonds. The zero-order valence-electron chi connectivity index (χ0n) is 12.8. The van der Waals surface area contributed by atoms with Crippen molar-refractivity contribution in [3.63, 3.8) is 0 Å². The van der Waals surface area contributed by atoms with E-state index in [-0.39, 0.29) is 4.90 Å². The second-order valence-corrected chi connectivity index (χ2v) is 6.77. The molecule has 0 fully saturated rings. The number of aryl methyl sites for hydroxylation is 1. The van der Waals surface area contributed by atoms with Crippen LogP contribution in [-0.4, -0.2) is 13.0 Å². The Morgan fingerprint density at radius 2 is 1.79 bits per heavy atom. The van der Waals surface area contributed by atoms with Crippen LogP contribution in [0.25, 0.3) is 10.8 Å². The van der Waals surface area contributed by atoms with Crippen LogP contribution in [0.15, 0.2) is 69.7 Å². The maximum absolute atomic E-state index is 11.5. The van der Waals surface area contributed by atoms with Crippen LogP contribution in [0.3, 0.4) is 0 Å². The van der Waals surface area contributed by atoms with Gasteiger partial charge in [-0.3, -0.25) is 4.55 Å². The lowest BCUT2D eigenvalue weighted by molar-refractivity contribution is 0.484. The maximum Gasteiger partial charge on any atom is 0.295 e. The van der Waals surface area contributed by atoms with Crippen molar-refractivity contribution in [3.05, 3.63) is 60.2 Å². The lowest BCUT2D eigenvalue weighted by Gasteiger charge is -2.04. The molecule has 6 nitrogen and oxygen atoms in total. The van der Waals surface area contributed by atoms with E-state index in [0.717, 1.165) is 5.56 Å². The number of rotatable bonds is 3. The summed E-state index contributed by atoms with van der Waals surface area (Å²) in [6.07, 6.45) is 0. The van der Waals surface area contributed by atoms with Crippen LogP contribution in [0.5, 0.6) is 0 Å². The predicted octanol–water partition coefficient (Wildman–Crippen LogP) is 4.39. The minimum absolute atomic E-state index is 0.152. The zero-order valence-corrected chi connectivity index (χ0v) is 13.7. The van der Waals surface area contributed by atoms with Crippen molar-refractivity contribution >= 4 is 38.0 Å². The van der Waals surface area contributed by atoms with Crippen molar-refractivity contribution in [2.45, 2.75) is 11.8 Å². The highest BCUT2D eigenvalue weighted by Gasteiger charge is 2.13. The molecular formula is C17H15N3O3S. The molecule has 0 saturated heterocycles. The van der Waals surface area contributed by atoms with Gasteiger partial charge in [0.1, 0.15) is 4.90 Å². The van der Waals surface area contributed by atoms with Crippen molar-refractivity contribution < 1.29 is 13.0 Å². The average molecular weight is 341 g/mol. The first-order valence-electron chi connectivity index (χ1n) is 7.13. The number of azo groups is 1. The molecule has 3 rings (SSSR count). The Hall–Kier alpha value is -2.77. The van der Waals surface area contributed by atoms with Gasteiger partial charge in [-0.05, 0) is 54.3 Å². The minimum Gasteiger partial charge on any atom is -0.399 e. The molecule has 0 aliphatic rings.